The minimum absolute atomic E-state index is 0.0840. The first-order chi connectivity index (χ1) is 12.5. The lowest BCUT2D eigenvalue weighted by atomic mass is 10.2. The van der Waals surface area contributed by atoms with Gasteiger partial charge >= 0.3 is 5.69 Å². The molecule has 3 aromatic rings. The summed E-state index contributed by atoms with van der Waals surface area (Å²) in [5.74, 6) is 1.12. The predicted octanol–water partition coefficient (Wildman–Crippen LogP) is -0.105. The van der Waals surface area contributed by atoms with E-state index in [1.807, 2.05) is 24.3 Å². The Balaban J connectivity index is 2.23. The second kappa shape index (κ2) is 7.04. The molecule has 0 atom stereocenters. The van der Waals surface area contributed by atoms with Gasteiger partial charge in [-0.2, -0.15) is 4.98 Å². The summed E-state index contributed by atoms with van der Waals surface area (Å²) in [5.41, 5.74) is 0.656. The summed E-state index contributed by atoms with van der Waals surface area (Å²) in [6.07, 6.45) is 0. The van der Waals surface area contributed by atoms with Gasteiger partial charge in [0.1, 0.15) is 5.75 Å². The van der Waals surface area contributed by atoms with E-state index in [1.165, 1.54) is 11.6 Å². The van der Waals surface area contributed by atoms with Gasteiger partial charge < -0.3 is 15.2 Å². The Morgan fingerprint density at radius 2 is 2.00 bits per heavy atom. The van der Waals surface area contributed by atoms with Crippen LogP contribution in [0, 0.1) is 0 Å². The van der Waals surface area contributed by atoms with Gasteiger partial charge in [-0.15, -0.1) is 0 Å². The van der Waals surface area contributed by atoms with Crippen molar-refractivity contribution in [1.29, 1.82) is 0 Å². The van der Waals surface area contributed by atoms with E-state index in [-0.39, 0.29) is 13.2 Å². The van der Waals surface area contributed by atoms with Gasteiger partial charge in [0.05, 0.1) is 20.3 Å². The largest absolute Gasteiger partial charge is 0.497 e. The van der Waals surface area contributed by atoms with Crippen molar-refractivity contribution in [3.63, 3.8) is 0 Å². The van der Waals surface area contributed by atoms with Gasteiger partial charge in [-0.1, -0.05) is 12.1 Å². The van der Waals surface area contributed by atoms with Gasteiger partial charge in [0, 0.05) is 20.6 Å². The van der Waals surface area contributed by atoms with E-state index in [4.69, 9.17) is 9.84 Å². The lowest BCUT2D eigenvalue weighted by molar-refractivity contribution is 0.310. The highest BCUT2D eigenvalue weighted by Crippen LogP contribution is 2.20. The second-order valence-electron chi connectivity index (χ2n) is 5.90. The van der Waals surface area contributed by atoms with Crippen LogP contribution in [0.15, 0.2) is 33.9 Å². The molecule has 0 saturated carbocycles. The molecule has 1 aromatic carbocycles. The molecule has 0 aliphatic rings. The fraction of sp³-hybridized carbons (Fsp3) is 0.353. The first-order valence-corrected chi connectivity index (χ1v) is 8.11. The van der Waals surface area contributed by atoms with Gasteiger partial charge in [0.2, 0.25) is 5.95 Å². The van der Waals surface area contributed by atoms with Crippen LogP contribution in [0.2, 0.25) is 0 Å². The van der Waals surface area contributed by atoms with Crippen LogP contribution in [0.3, 0.4) is 0 Å². The zero-order valence-corrected chi connectivity index (χ0v) is 14.9. The number of anilines is 1. The number of ether oxygens (including phenoxy) is 1. The minimum Gasteiger partial charge on any atom is -0.497 e. The number of aliphatic hydroxyl groups excluding tert-OH is 1. The molecule has 9 heteroatoms. The van der Waals surface area contributed by atoms with Crippen LogP contribution in [0.25, 0.3) is 11.2 Å². The summed E-state index contributed by atoms with van der Waals surface area (Å²) < 4.78 is 9.35. The molecule has 0 saturated heterocycles. The molecule has 0 radical (unpaired) electrons. The smallest absolute Gasteiger partial charge is 0.332 e. The number of benzene rings is 1. The van der Waals surface area contributed by atoms with Gasteiger partial charge in [-0.3, -0.25) is 18.5 Å². The van der Waals surface area contributed by atoms with E-state index in [2.05, 4.69) is 10.3 Å². The fourth-order valence-electron chi connectivity index (χ4n) is 2.86. The Labute approximate surface area is 149 Å². The summed E-state index contributed by atoms with van der Waals surface area (Å²) in [4.78, 5) is 29.3. The molecule has 0 bridgehead atoms. The highest BCUT2D eigenvalue weighted by atomic mass is 16.5. The van der Waals surface area contributed by atoms with Crippen molar-refractivity contribution in [2.24, 2.45) is 14.1 Å². The van der Waals surface area contributed by atoms with Crippen molar-refractivity contribution in [2.75, 3.05) is 25.6 Å². The minimum atomic E-state index is -0.442. The molecular formula is C17H21N5O4. The SMILES string of the molecule is COc1cccc(Cn2c(NCCO)nc3c2c(=O)n(C)c(=O)n3C)c1. The van der Waals surface area contributed by atoms with Gasteiger partial charge in [0.25, 0.3) is 5.56 Å². The van der Waals surface area contributed by atoms with Crippen LogP contribution in [0.5, 0.6) is 5.75 Å². The summed E-state index contributed by atoms with van der Waals surface area (Å²) >= 11 is 0. The Hall–Kier alpha value is -3.07. The molecule has 26 heavy (non-hydrogen) atoms. The predicted molar refractivity (Wildman–Crippen MR) is 97.9 cm³/mol. The maximum absolute atomic E-state index is 12.7. The van der Waals surface area contributed by atoms with Crippen LogP contribution in [0.4, 0.5) is 5.95 Å². The lowest BCUT2D eigenvalue weighted by Gasteiger charge is -2.11. The van der Waals surface area contributed by atoms with E-state index in [0.29, 0.717) is 29.4 Å². The van der Waals surface area contributed by atoms with Crippen LogP contribution in [-0.4, -0.2) is 44.1 Å². The number of nitrogens with one attached hydrogen (secondary N) is 1. The standard InChI is InChI=1S/C17H21N5O4/c1-20-14-13(15(24)21(2)17(20)25)22(16(19-14)18-7-8-23)10-11-5-4-6-12(9-11)26-3/h4-6,9,23H,7-8,10H2,1-3H3,(H,18,19). The molecule has 2 heterocycles. The third-order valence-electron chi connectivity index (χ3n) is 4.22. The Morgan fingerprint density at radius 1 is 1.23 bits per heavy atom. The van der Waals surface area contributed by atoms with E-state index >= 15 is 0 Å². The van der Waals surface area contributed by atoms with Gasteiger partial charge in [-0.25, -0.2) is 4.79 Å². The molecular weight excluding hydrogens is 338 g/mol. The average Bonchev–Trinajstić information content (AvgIpc) is 3.01. The molecule has 0 aliphatic carbocycles. The highest BCUT2D eigenvalue weighted by Gasteiger charge is 2.19. The number of hydrogen-bond donors (Lipinski definition) is 2. The summed E-state index contributed by atoms with van der Waals surface area (Å²) in [6.45, 7) is 0.546. The molecule has 2 aromatic heterocycles. The van der Waals surface area contributed by atoms with Gasteiger partial charge in [0.15, 0.2) is 11.2 Å². The second-order valence-corrected chi connectivity index (χ2v) is 5.90. The quantitative estimate of drug-likeness (QED) is 0.637. The van der Waals surface area contributed by atoms with Crippen molar-refractivity contribution in [2.45, 2.75) is 6.54 Å². The Morgan fingerprint density at radius 3 is 2.69 bits per heavy atom. The summed E-state index contributed by atoms with van der Waals surface area (Å²) in [7, 11) is 4.60. The Kier molecular flexibility index (Phi) is 4.81. The van der Waals surface area contributed by atoms with Crippen molar-refractivity contribution < 1.29 is 9.84 Å². The molecule has 0 fully saturated rings. The normalized spacial score (nSPS) is 11.1. The summed E-state index contributed by atoms with van der Waals surface area (Å²) in [6, 6.07) is 7.48. The van der Waals surface area contributed by atoms with Gasteiger partial charge in [-0.05, 0) is 17.7 Å². The van der Waals surface area contributed by atoms with Crippen LogP contribution < -0.4 is 21.3 Å². The first kappa shape index (κ1) is 17.7. The highest BCUT2D eigenvalue weighted by molar-refractivity contribution is 5.74. The monoisotopic (exact) mass is 359 g/mol. The lowest BCUT2D eigenvalue weighted by Crippen LogP contribution is -2.37. The van der Waals surface area contributed by atoms with E-state index in [1.54, 1.807) is 18.7 Å². The van der Waals surface area contributed by atoms with Crippen LogP contribution >= 0.6 is 0 Å². The molecule has 2 N–H and O–H groups in total. The number of imidazole rings is 1. The van der Waals surface area contributed by atoms with Crippen molar-refractivity contribution in [3.8, 4) is 5.75 Å². The van der Waals surface area contributed by atoms with E-state index in [9.17, 15) is 9.59 Å². The number of hydrogen-bond acceptors (Lipinski definition) is 6. The Bertz CT molecular complexity index is 1060. The molecule has 9 nitrogen and oxygen atoms in total. The van der Waals surface area contributed by atoms with Crippen molar-refractivity contribution in [1.82, 2.24) is 18.7 Å². The first-order valence-electron chi connectivity index (χ1n) is 8.11. The average molecular weight is 359 g/mol. The third kappa shape index (κ3) is 2.97. The topological polar surface area (TPSA) is 103 Å². The molecule has 138 valence electrons. The molecule has 0 amide bonds. The number of methoxy groups -OCH3 is 1. The molecule has 3 rings (SSSR count). The maximum Gasteiger partial charge on any atom is 0.332 e. The zero-order valence-electron chi connectivity index (χ0n) is 14.9. The number of nitrogens with zero attached hydrogens (tertiary/aromatic N) is 4. The molecule has 0 unspecified atom stereocenters. The fourth-order valence-corrected chi connectivity index (χ4v) is 2.86. The van der Waals surface area contributed by atoms with Crippen molar-refractivity contribution >= 4 is 17.1 Å². The number of fused-ring (bicyclic) bond motifs is 1. The van der Waals surface area contributed by atoms with Crippen molar-refractivity contribution in [3.05, 3.63) is 50.7 Å². The number of aliphatic hydroxyl groups is 1. The third-order valence-corrected chi connectivity index (χ3v) is 4.22. The van der Waals surface area contributed by atoms with E-state index < -0.39 is 11.2 Å². The van der Waals surface area contributed by atoms with Crippen LogP contribution in [0.1, 0.15) is 5.56 Å². The zero-order chi connectivity index (χ0) is 18.8. The number of rotatable bonds is 6. The number of aryl methyl sites for hydroxylation is 1. The summed E-state index contributed by atoms with van der Waals surface area (Å²) in [5, 5.41) is 12.1. The van der Waals surface area contributed by atoms with E-state index in [0.717, 1.165) is 10.1 Å². The number of aromatic nitrogens is 4. The maximum atomic E-state index is 12.7. The van der Waals surface area contributed by atoms with Crippen LogP contribution in [-0.2, 0) is 20.6 Å². The molecule has 0 spiro atoms. The molecule has 0 aliphatic heterocycles.